The van der Waals surface area contributed by atoms with Crippen LogP contribution in [0.5, 0.6) is 0 Å². The van der Waals surface area contributed by atoms with Crippen molar-refractivity contribution in [2.45, 2.75) is 24.9 Å². The van der Waals surface area contributed by atoms with E-state index < -0.39 is 0 Å². The molecule has 0 bridgehead atoms. The maximum Gasteiger partial charge on any atom is 0.227 e. The van der Waals surface area contributed by atoms with E-state index in [0.29, 0.717) is 49.1 Å². The Balaban J connectivity index is 1.47. The van der Waals surface area contributed by atoms with Crippen molar-refractivity contribution in [2.24, 2.45) is 0 Å². The predicted octanol–water partition coefficient (Wildman–Crippen LogP) is 4.08. The highest BCUT2D eigenvalue weighted by molar-refractivity contribution is 6.42. The zero-order valence-electron chi connectivity index (χ0n) is 21.8. The predicted molar refractivity (Wildman–Crippen MR) is 148 cm³/mol. The van der Waals surface area contributed by atoms with Crippen molar-refractivity contribution in [3.63, 3.8) is 0 Å². The largest absolute Gasteiger partial charge is 0.382 e. The van der Waals surface area contributed by atoms with Gasteiger partial charge in [0.25, 0.3) is 0 Å². The second-order valence-corrected chi connectivity index (χ2v) is 10.1. The number of methoxy groups -OCH3 is 1. The van der Waals surface area contributed by atoms with E-state index >= 15 is 0 Å². The SMILES string of the molecule is COCCOCCOCCN[C@H]1CCN(C[C@H](c2ccccc2)N(C)C(=O)Cc2ccc(Cl)c(Cl)c2)C1. The fourth-order valence-electron chi connectivity index (χ4n) is 4.46. The lowest BCUT2D eigenvalue weighted by Gasteiger charge is -2.32. The fraction of sp³-hybridized carbons (Fsp3) is 0.536. The van der Waals surface area contributed by atoms with E-state index in [2.05, 4.69) is 22.3 Å². The summed E-state index contributed by atoms with van der Waals surface area (Å²) in [6.45, 7) is 6.54. The highest BCUT2D eigenvalue weighted by Crippen LogP contribution is 2.26. The summed E-state index contributed by atoms with van der Waals surface area (Å²) < 4.78 is 16.0. The van der Waals surface area contributed by atoms with Crippen LogP contribution in [-0.2, 0) is 25.4 Å². The first-order chi connectivity index (χ1) is 18.0. The Morgan fingerprint density at radius 1 is 1.05 bits per heavy atom. The van der Waals surface area contributed by atoms with E-state index in [-0.39, 0.29) is 18.4 Å². The fourth-order valence-corrected chi connectivity index (χ4v) is 4.78. The summed E-state index contributed by atoms with van der Waals surface area (Å²) in [7, 11) is 3.55. The minimum absolute atomic E-state index is 0.0448. The maximum absolute atomic E-state index is 13.3. The molecule has 1 saturated heterocycles. The summed E-state index contributed by atoms with van der Waals surface area (Å²) in [5, 5.41) is 4.55. The Morgan fingerprint density at radius 3 is 2.51 bits per heavy atom. The molecule has 9 heteroatoms. The van der Waals surface area contributed by atoms with Crippen LogP contribution in [0.15, 0.2) is 48.5 Å². The van der Waals surface area contributed by atoms with Crippen molar-refractivity contribution in [3.8, 4) is 0 Å². The first-order valence-electron chi connectivity index (χ1n) is 12.8. The number of nitrogens with one attached hydrogen (secondary N) is 1. The minimum Gasteiger partial charge on any atom is -0.382 e. The first kappa shape index (κ1) is 29.8. The Morgan fingerprint density at radius 2 is 1.78 bits per heavy atom. The quantitative estimate of drug-likeness (QED) is 0.317. The molecular formula is C28H39Cl2N3O4. The highest BCUT2D eigenvalue weighted by Gasteiger charge is 2.28. The standard InChI is InChI=1S/C28H39Cl2N3O4/c1-32(28(34)19-22-8-9-25(29)26(30)18-22)27(23-6-4-3-5-7-23)21-33-12-10-24(20-33)31-11-13-36-16-17-37-15-14-35-2/h3-9,18,24,27,31H,10-17,19-21H2,1-2H3/t24-,27+/m0/s1. The number of amides is 1. The van der Waals surface area contributed by atoms with Crippen LogP contribution in [0.25, 0.3) is 0 Å². The number of hydrogen-bond acceptors (Lipinski definition) is 6. The number of ether oxygens (including phenoxy) is 3. The van der Waals surface area contributed by atoms with E-state index in [1.807, 2.05) is 36.2 Å². The maximum atomic E-state index is 13.3. The average molecular weight is 553 g/mol. The number of hydrogen-bond donors (Lipinski definition) is 1. The molecule has 0 unspecified atom stereocenters. The zero-order chi connectivity index (χ0) is 26.5. The Kier molecular flexibility index (Phi) is 13.1. The van der Waals surface area contributed by atoms with Crippen molar-refractivity contribution in [1.82, 2.24) is 15.1 Å². The molecule has 0 spiro atoms. The molecule has 1 heterocycles. The molecule has 1 aliphatic heterocycles. The first-order valence-corrected chi connectivity index (χ1v) is 13.6. The van der Waals surface area contributed by atoms with Gasteiger partial charge in [0.15, 0.2) is 0 Å². The smallest absolute Gasteiger partial charge is 0.227 e. The van der Waals surface area contributed by atoms with Crippen molar-refractivity contribution in [1.29, 1.82) is 0 Å². The van der Waals surface area contributed by atoms with Crippen molar-refractivity contribution >= 4 is 29.1 Å². The van der Waals surface area contributed by atoms with Gasteiger partial charge in [0.1, 0.15) is 0 Å². The van der Waals surface area contributed by atoms with Crippen LogP contribution < -0.4 is 5.32 Å². The number of carbonyl (C=O) groups is 1. The van der Waals surface area contributed by atoms with Gasteiger partial charge in [0.2, 0.25) is 5.91 Å². The van der Waals surface area contributed by atoms with Crippen LogP contribution in [-0.4, -0.2) is 95.1 Å². The zero-order valence-corrected chi connectivity index (χ0v) is 23.3. The third kappa shape index (κ3) is 10.2. The van der Waals surface area contributed by atoms with Gasteiger partial charge in [-0.3, -0.25) is 9.69 Å². The molecule has 204 valence electrons. The molecule has 1 amide bonds. The number of rotatable bonds is 16. The lowest BCUT2D eigenvalue weighted by atomic mass is 10.0. The second-order valence-electron chi connectivity index (χ2n) is 9.27. The third-order valence-corrected chi connectivity index (χ3v) is 7.31. The molecule has 1 N–H and O–H groups in total. The summed E-state index contributed by atoms with van der Waals surface area (Å²) >= 11 is 12.2. The van der Waals surface area contributed by atoms with Crippen molar-refractivity contribution < 1.29 is 19.0 Å². The molecule has 1 aliphatic rings. The van der Waals surface area contributed by atoms with E-state index in [9.17, 15) is 4.79 Å². The van der Waals surface area contributed by atoms with Crippen molar-refractivity contribution in [2.75, 3.05) is 73.4 Å². The number of likely N-dealkylation sites (tertiary alicyclic amines) is 1. The van der Waals surface area contributed by atoms with Gasteiger partial charge in [-0.15, -0.1) is 0 Å². The average Bonchev–Trinajstić information content (AvgIpc) is 3.36. The van der Waals surface area contributed by atoms with Gasteiger partial charge >= 0.3 is 0 Å². The molecule has 7 nitrogen and oxygen atoms in total. The lowest BCUT2D eigenvalue weighted by molar-refractivity contribution is -0.131. The number of halogens is 2. The van der Waals surface area contributed by atoms with Crippen LogP contribution in [0.1, 0.15) is 23.6 Å². The van der Waals surface area contributed by atoms with Gasteiger partial charge in [-0.1, -0.05) is 59.6 Å². The van der Waals surface area contributed by atoms with E-state index in [1.165, 1.54) is 0 Å². The molecule has 0 aromatic heterocycles. The topological polar surface area (TPSA) is 63.3 Å². The number of benzene rings is 2. The van der Waals surface area contributed by atoms with E-state index in [1.54, 1.807) is 19.2 Å². The van der Waals surface area contributed by atoms with Crippen LogP contribution in [0.2, 0.25) is 10.0 Å². The molecule has 0 saturated carbocycles. The Labute approximate surface area is 230 Å². The Bertz CT molecular complexity index is 950. The van der Waals surface area contributed by atoms with E-state index in [0.717, 1.165) is 43.7 Å². The molecule has 3 rings (SSSR count). The summed E-state index contributed by atoms with van der Waals surface area (Å²) in [5.41, 5.74) is 1.98. The van der Waals surface area contributed by atoms with Gasteiger partial charge in [0, 0.05) is 39.8 Å². The molecule has 0 radical (unpaired) electrons. The number of nitrogens with zero attached hydrogens (tertiary/aromatic N) is 2. The van der Waals surface area contributed by atoms with Gasteiger partial charge in [0.05, 0.1) is 55.5 Å². The molecule has 1 fully saturated rings. The van der Waals surface area contributed by atoms with E-state index in [4.69, 9.17) is 37.4 Å². The minimum atomic E-state index is -0.0448. The van der Waals surface area contributed by atoms with Gasteiger partial charge in [-0.2, -0.15) is 0 Å². The summed E-state index contributed by atoms with van der Waals surface area (Å²) in [4.78, 5) is 17.5. The summed E-state index contributed by atoms with van der Waals surface area (Å²) in [6.07, 6.45) is 1.35. The van der Waals surface area contributed by atoms with Crippen LogP contribution >= 0.6 is 23.2 Å². The molecule has 2 aromatic rings. The van der Waals surface area contributed by atoms with Gasteiger partial charge in [-0.25, -0.2) is 0 Å². The van der Waals surface area contributed by atoms with Crippen molar-refractivity contribution in [3.05, 3.63) is 69.7 Å². The molecule has 2 atom stereocenters. The van der Waals surface area contributed by atoms with Crippen LogP contribution in [0.4, 0.5) is 0 Å². The summed E-state index contributed by atoms with van der Waals surface area (Å²) in [5.74, 6) is 0.0458. The monoisotopic (exact) mass is 551 g/mol. The molecule has 37 heavy (non-hydrogen) atoms. The molecular weight excluding hydrogens is 513 g/mol. The molecule has 0 aliphatic carbocycles. The highest BCUT2D eigenvalue weighted by atomic mass is 35.5. The molecule has 2 aromatic carbocycles. The van der Waals surface area contributed by atoms with Gasteiger partial charge in [-0.05, 0) is 36.2 Å². The number of likely N-dealkylation sites (N-methyl/N-ethyl adjacent to an activating group) is 1. The van der Waals surface area contributed by atoms with Crippen LogP contribution in [0, 0.1) is 0 Å². The summed E-state index contributed by atoms with van der Waals surface area (Å²) in [6, 6.07) is 16.0. The van der Waals surface area contributed by atoms with Gasteiger partial charge < -0.3 is 24.4 Å². The van der Waals surface area contributed by atoms with Crippen LogP contribution in [0.3, 0.4) is 0 Å². The normalized spacial score (nSPS) is 16.7. The third-order valence-electron chi connectivity index (χ3n) is 6.57. The lowest BCUT2D eigenvalue weighted by Crippen LogP contribution is -2.41. The second kappa shape index (κ2) is 16.3. The number of carbonyl (C=O) groups excluding carboxylic acids is 1. The Hall–Kier alpha value is -1.71.